The third kappa shape index (κ3) is 17.7. The molecule has 1 heteroatoms. The van der Waals surface area contributed by atoms with Crippen LogP contribution in [0.5, 0.6) is 0 Å². The van der Waals surface area contributed by atoms with Crippen LogP contribution in [-0.4, -0.2) is 5.33 Å². The third-order valence-electron chi connectivity index (χ3n) is 3.08. The zero-order chi connectivity index (χ0) is 14.0. The Hall–Kier alpha value is -0.300. The molecule has 0 rings (SSSR count). The summed E-state index contributed by atoms with van der Waals surface area (Å²) in [7, 11) is 0. The fourth-order valence-corrected chi connectivity index (χ4v) is 2.26. The van der Waals surface area contributed by atoms with Gasteiger partial charge in [0.2, 0.25) is 0 Å². The van der Waals surface area contributed by atoms with E-state index in [1.54, 1.807) is 0 Å². The third-order valence-corrected chi connectivity index (χ3v) is 3.64. The summed E-state index contributed by atoms with van der Waals surface area (Å²) in [4.78, 5) is 0. The Morgan fingerprint density at radius 1 is 0.632 bits per heavy atom. The van der Waals surface area contributed by atoms with Crippen LogP contribution in [0.4, 0.5) is 0 Å². The highest BCUT2D eigenvalue weighted by atomic mass is 79.9. The average molecular weight is 327 g/mol. The van der Waals surface area contributed by atoms with Crippen LogP contribution >= 0.6 is 15.9 Å². The number of hydrogen-bond donors (Lipinski definition) is 0. The standard InChI is InChI=1S/C18H31Br/c1-2-3-4-5-6-7-8-9-10-11-12-13-14-15-16-17-18-19/h5-10H,2-4,11-18H2,1H3/b6-5+,8-7+,10-9+. The van der Waals surface area contributed by atoms with E-state index < -0.39 is 0 Å². The van der Waals surface area contributed by atoms with Crippen LogP contribution in [0.1, 0.15) is 71.1 Å². The molecule has 0 saturated heterocycles. The molecule has 0 bridgehead atoms. The minimum absolute atomic E-state index is 1.16. The summed E-state index contributed by atoms with van der Waals surface area (Å²) in [6.07, 6.45) is 26.4. The number of allylic oxidation sites excluding steroid dienone is 6. The zero-order valence-corrected chi connectivity index (χ0v) is 14.2. The monoisotopic (exact) mass is 326 g/mol. The fourth-order valence-electron chi connectivity index (χ4n) is 1.86. The Kier molecular flexibility index (Phi) is 17.4. The molecule has 0 atom stereocenters. The van der Waals surface area contributed by atoms with Gasteiger partial charge in [-0.15, -0.1) is 0 Å². The topological polar surface area (TPSA) is 0 Å². The first-order chi connectivity index (χ1) is 9.41. The molecular formula is C18H31Br. The Bertz CT molecular complexity index is 238. The van der Waals surface area contributed by atoms with Crippen LogP contribution in [0.15, 0.2) is 36.5 Å². The summed E-state index contributed by atoms with van der Waals surface area (Å²) in [5.41, 5.74) is 0. The maximum atomic E-state index is 3.47. The molecule has 0 N–H and O–H groups in total. The summed E-state index contributed by atoms with van der Waals surface area (Å²) >= 11 is 3.47. The van der Waals surface area contributed by atoms with Crippen molar-refractivity contribution in [3.8, 4) is 0 Å². The fraction of sp³-hybridized carbons (Fsp3) is 0.667. The minimum Gasteiger partial charge on any atom is -0.0928 e. The van der Waals surface area contributed by atoms with E-state index in [9.17, 15) is 0 Å². The van der Waals surface area contributed by atoms with Crippen molar-refractivity contribution < 1.29 is 0 Å². The van der Waals surface area contributed by atoms with E-state index in [2.05, 4.69) is 59.3 Å². The van der Waals surface area contributed by atoms with Gasteiger partial charge in [-0.3, -0.25) is 0 Å². The molecule has 0 aromatic rings. The molecule has 0 aromatic heterocycles. The predicted octanol–water partition coefficient (Wildman–Crippen LogP) is 6.97. The molecule has 0 aromatic carbocycles. The van der Waals surface area contributed by atoms with Gasteiger partial charge in [0, 0.05) is 5.33 Å². The van der Waals surface area contributed by atoms with Gasteiger partial charge >= 0.3 is 0 Å². The second kappa shape index (κ2) is 17.7. The van der Waals surface area contributed by atoms with Gasteiger partial charge < -0.3 is 0 Å². The molecule has 0 fully saturated rings. The normalized spacial score (nSPS) is 12.3. The van der Waals surface area contributed by atoms with Crippen LogP contribution in [0.2, 0.25) is 0 Å². The zero-order valence-electron chi connectivity index (χ0n) is 12.6. The smallest absolute Gasteiger partial charge is 0.00313 e. The van der Waals surface area contributed by atoms with Crippen molar-refractivity contribution in [2.45, 2.75) is 71.1 Å². The first-order valence-electron chi connectivity index (χ1n) is 7.96. The number of alkyl halides is 1. The number of halogens is 1. The van der Waals surface area contributed by atoms with Gasteiger partial charge in [-0.2, -0.15) is 0 Å². The molecule has 0 saturated carbocycles. The highest BCUT2D eigenvalue weighted by molar-refractivity contribution is 9.09. The molecule has 0 aliphatic rings. The van der Waals surface area contributed by atoms with Crippen LogP contribution < -0.4 is 0 Å². The maximum absolute atomic E-state index is 3.47. The molecular weight excluding hydrogens is 296 g/mol. The van der Waals surface area contributed by atoms with Crippen LogP contribution in [0, 0.1) is 0 Å². The molecule has 110 valence electrons. The van der Waals surface area contributed by atoms with Crippen molar-refractivity contribution in [3.63, 3.8) is 0 Å². The van der Waals surface area contributed by atoms with Gasteiger partial charge in [-0.05, 0) is 25.7 Å². The highest BCUT2D eigenvalue weighted by Crippen LogP contribution is 2.08. The van der Waals surface area contributed by atoms with Crippen molar-refractivity contribution in [3.05, 3.63) is 36.5 Å². The molecule has 0 aliphatic carbocycles. The van der Waals surface area contributed by atoms with Crippen LogP contribution in [-0.2, 0) is 0 Å². The average Bonchev–Trinajstić information content (AvgIpc) is 2.43. The number of hydrogen-bond acceptors (Lipinski definition) is 0. The Balaban J connectivity index is 3.24. The summed E-state index contributed by atoms with van der Waals surface area (Å²) in [6.45, 7) is 2.23. The second-order valence-electron chi connectivity index (χ2n) is 4.98. The SMILES string of the molecule is CCCC/C=C/C=C/C=C/CCCCCCCCBr. The summed E-state index contributed by atoms with van der Waals surface area (Å²) in [5, 5.41) is 1.16. The minimum atomic E-state index is 1.16. The lowest BCUT2D eigenvalue weighted by Crippen LogP contribution is -1.79. The van der Waals surface area contributed by atoms with Gasteiger partial charge in [0.25, 0.3) is 0 Å². The van der Waals surface area contributed by atoms with Crippen molar-refractivity contribution in [2.75, 3.05) is 5.33 Å². The van der Waals surface area contributed by atoms with Gasteiger partial charge in [-0.25, -0.2) is 0 Å². The second-order valence-corrected chi connectivity index (χ2v) is 5.78. The van der Waals surface area contributed by atoms with E-state index in [0.717, 1.165) is 5.33 Å². The lowest BCUT2D eigenvalue weighted by atomic mass is 10.1. The van der Waals surface area contributed by atoms with Crippen LogP contribution in [0.25, 0.3) is 0 Å². The first kappa shape index (κ1) is 18.7. The van der Waals surface area contributed by atoms with E-state index in [1.165, 1.54) is 64.2 Å². The van der Waals surface area contributed by atoms with Gasteiger partial charge in [0.05, 0.1) is 0 Å². The Labute approximate surface area is 129 Å². The molecule has 0 aliphatic heterocycles. The molecule has 0 nitrogen and oxygen atoms in total. The van der Waals surface area contributed by atoms with Gasteiger partial charge in [0.15, 0.2) is 0 Å². The largest absolute Gasteiger partial charge is 0.0928 e. The maximum Gasteiger partial charge on any atom is 0.00313 e. The van der Waals surface area contributed by atoms with Gasteiger partial charge in [0.1, 0.15) is 0 Å². The molecule has 19 heavy (non-hydrogen) atoms. The predicted molar refractivity (Wildman–Crippen MR) is 93.1 cm³/mol. The molecule has 0 amide bonds. The van der Waals surface area contributed by atoms with E-state index in [0.29, 0.717) is 0 Å². The number of rotatable bonds is 13. The van der Waals surface area contributed by atoms with E-state index >= 15 is 0 Å². The van der Waals surface area contributed by atoms with Crippen molar-refractivity contribution >= 4 is 15.9 Å². The number of unbranched alkanes of at least 4 members (excludes halogenated alkanes) is 8. The Morgan fingerprint density at radius 3 is 1.74 bits per heavy atom. The lowest BCUT2D eigenvalue weighted by molar-refractivity contribution is 0.614. The highest BCUT2D eigenvalue weighted by Gasteiger charge is 1.89. The molecule has 0 radical (unpaired) electrons. The first-order valence-corrected chi connectivity index (χ1v) is 9.08. The van der Waals surface area contributed by atoms with Crippen LogP contribution in [0.3, 0.4) is 0 Å². The van der Waals surface area contributed by atoms with E-state index in [-0.39, 0.29) is 0 Å². The molecule has 0 spiro atoms. The quantitative estimate of drug-likeness (QED) is 0.195. The lowest BCUT2D eigenvalue weighted by Gasteiger charge is -1.98. The van der Waals surface area contributed by atoms with Crippen molar-refractivity contribution in [1.29, 1.82) is 0 Å². The molecule has 0 unspecified atom stereocenters. The van der Waals surface area contributed by atoms with Gasteiger partial charge in [-0.1, -0.05) is 97.8 Å². The summed E-state index contributed by atoms with van der Waals surface area (Å²) < 4.78 is 0. The van der Waals surface area contributed by atoms with E-state index in [4.69, 9.17) is 0 Å². The summed E-state index contributed by atoms with van der Waals surface area (Å²) in [5.74, 6) is 0. The van der Waals surface area contributed by atoms with Crippen molar-refractivity contribution in [1.82, 2.24) is 0 Å². The summed E-state index contributed by atoms with van der Waals surface area (Å²) in [6, 6.07) is 0. The molecule has 0 heterocycles. The van der Waals surface area contributed by atoms with E-state index in [1.807, 2.05) is 0 Å². The van der Waals surface area contributed by atoms with Crippen molar-refractivity contribution in [2.24, 2.45) is 0 Å². The Morgan fingerprint density at radius 2 is 1.16 bits per heavy atom.